The van der Waals surface area contributed by atoms with Crippen LogP contribution in [0.2, 0.25) is 0 Å². The maximum atomic E-state index is 11.6. The molecule has 0 aliphatic carbocycles. The van der Waals surface area contributed by atoms with Gasteiger partial charge in [-0.3, -0.25) is 19.9 Å². The summed E-state index contributed by atoms with van der Waals surface area (Å²) >= 11 is 0. The van der Waals surface area contributed by atoms with Crippen molar-refractivity contribution >= 4 is 22.8 Å². The van der Waals surface area contributed by atoms with Gasteiger partial charge < -0.3 is 5.32 Å². The SMILES string of the molecule is O=C1CCC(NCc2cnc3ccccc3n2)C(=O)N1. The number of rotatable bonds is 3. The number of para-hydroxylation sites is 2. The van der Waals surface area contributed by atoms with Crippen LogP contribution in [-0.2, 0) is 16.1 Å². The van der Waals surface area contributed by atoms with Crippen molar-refractivity contribution in [1.29, 1.82) is 0 Å². The maximum Gasteiger partial charge on any atom is 0.243 e. The van der Waals surface area contributed by atoms with Crippen molar-refractivity contribution in [2.75, 3.05) is 0 Å². The van der Waals surface area contributed by atoms with Crippen molar-refractivity contribution in [3.8, 4) is 0 Å². The van der Waals surface area contributed by atoms with Gasteiger partial charge >= 0.3 is 0 Å². The molecule has 2 amide bonds. The minimum Gasteiger partial charge on any atom is -0.300 e. The molecule has 1 atom stereocenters. The van der Waals surface area contributed by atoms with Crippen LogP contribution in [0.25, 0.3) is 11.0 Å². The molecule has 1 unspecified atom stereocenters. The van der Waals surface area contributed by atoms with Crippen molar-refractivity contribution in [3.05, 3.63) is 36.2 Å². The standard InChI is InChI=1S/C14H14N4O2/c19-13-6-5-12(14(20)18-13)16-8-9-7-15-10-3-1-2-4-11(10)17-9/h1-4,7,12,16H,5-6,8H2,(H,18,19,20). The molecule has 0 radical (unpaired) electrons. The average molecular weight is 270 g/mol. The van der Waals surface area contributed by atoms with Crippen LogP contribution in [-0.4, -0.2) is 27.8 Å². The molecule has 1 aromatic carbocycles. The van der Waals surface area contributed by atoms with Crippen LogP contribution < -0.4 is 10.6 Å². The molecule has 1 saturated heterocycles. The summed E-state index contributed by atoms with van der Waals surface area (Å²) in [6, 6.07) is 7.28. The van der Waals surface area contributed by atoms with Crippen LogP contribution in [0.3, 0.4) is 0 Å². The monoisotopic (exact) mass is 270 g/mol. The second kappa shape index (κ2) is 5.34. The molecule has 1 fully saturated rings. The van der Waals surface area contributed by atoms with Gasteiger partial charge in [-0.05, 0) is 18.6 Å². The zero-order valence-corrected chi connectivity index (χ0v) is 10.8. The van der Waals surface area contributed by atoms with Crippen LogP contribution >= 0.6 is 0 Å². The Bertz CT molecular complexity index is 671. The van der Waals surface area contributed by atoms with Gasteiger partial charge in [-0.2, -0.15) is 0 Å². The number of carbonyl (C=O) groups is 2. The van der Waals surface area contributed by atoms with Gasteiger partial charge in [0, 0.05) is 13.0 Å². The summed E-state index contributed by atoms with van der Waals surface area (Å²) in [4.78, 5) is 31.5. The molecule has 2 heterocycles. The van der Waals surface area contributed by atoms with E-state index < -0.39 is 0 Å². The summed E-state index contributed by atoms with van der Waals surface area (Å²) < 4.78 is 0. The molecule has 3 rings (SSSR count). The molecule has 6 heteroatoms. The molecule has 1 aromatic heterocycles. The number of hydrogen-bond acceptors (Lipinski definition) is 5. The number of carbonyl (C=O) groups excluding carboxylic acids is 2. The number of imide groups is 1. The van der Waals surface area contributed by atoms with Crippen LogP contribution in [0.1, 0.15) is 18.5 Å². The number of amides is 2. The number of hydrogen-bond donors (Lipinski definition) is 2. The van der Waals surface area contributed by atoms with Gasteiger partial charge in [-0.25, -0.2) is 4.98 Å². The van der Waals surface area contributed by atoms with E-state index in [1.54, 1.807) is 6.20 Å². The highest BCUT2D eigenvalue weighted by atomic mass is 16.2. The average Bonchev–Trinajstić information content (AvgIpc) is 2.46. The molecule has 102 valence electrons. The normalized spacial score (nSPS) is 19.1. The molecular formula is C14H14N4O2. The van der Waals surface area contributed by atoms with Crippen molar-refractivity contribution in [2.24, 2.45) is 0 Å². The summed E-state index contributed by atoms with van der Waals surface area (Å²) in [5.41, 5.74) is 2.45. The summed E-state index contributed by atoms with van der Waals surface area (Å²) in [6.07, 6.45) is 2.58. The van der Waals surface area contributed by atoms with Crippen LogP contribution in [0.15, 0.2) is 30.5 Å². The fourth-order valence-electron chi connectivity index (χ4n) is 2.20. The minimum atomic E-state index is -0.346. The second-order valence-electron chi connectivity index (χ2n) is 4.73. The lowest BCUT2D eigenvalue weighted by Crippen LogP contribution is -2.50. The van der Waals surface area contributed by atoms with E-state index in [0.717, 1.165) is 16.7 Å². The Labute approximate surface area is 115 Å². The van der Waals surface area contributed by atoms with E-state index in [0.29, 0.717) is 19.4 Å². The molecule has 0 spiro atoms. The van der Waals surface area contributed by atoms with E-state index in [-0.39, 0.29) is 17.9 Å². The zero-order valence-electron chi connectivity index (χ0n) is 10.8. The van der Waals surface area contributed by atoms with Gasteiger partial charge in [-0.15, -0.1) is 0 Å². The van der Waals surface area contributed by atoms with Gasteiger partial charge in [0.25, 0.3) is 0 Å². The van der Waals surface area contributed by atoms with E-state index >= 15 is 0 Å². The van der Waals surface area contributed by atoms with Gasteiger partial charge in [0.15, 0.2) is 0 Å². The molecule has 2 N–H and O–H groups in total. The number of aromatic nitrogens is 2. The summed E-state index contributed by atoms with van der Waals surface area (Å²) in [5.74, 6) is -0.478. The predicted octanol–water partition coefficient (Wildman–Crippen LogP) is 0.525. The highest BCUT2D eigenvalue weighted by molar-refractivity contribution is 6.00. The largest absolute Gasteiger partial charge is 0.300 e. The van der Waals surface area contributed by atoms with Crippen LogP contribution in [0, 0.1) is 0 Å². The number of nitrogens with one attached hydrogen (secondary N) is 2. The lowest BCUT2D eigenvalue weighted by Gasteiger charge is -2.21. The first-order valence-electron chi connectivity index (χ1n) is 6.50. The molecule has 0 bridgehead atoms. The first-order valence-corrected chi connectivity index (χ1v) is 6.50. The number of nitrogens with zero attached hydrogens (tertiary/aromatic N) is 2. The zero-order chi connectivity index (χ0) is 13.9. The molecule has 1 aliphatic heterocycles. The van der Waals surface area contributed by atoms with Crippen molar-refractivity contribution in [1.82, 2.24) is 20.6 Å². The number of piperidine rings is 1. The van der Waals surface area contributed by atoms with E-state index in [1.807, 2.05) is 24.3 Å². The van der Waals surface area contributed by atoms with Gasteiger partial charge in [0.2, 0.25) is 11.8 Å². The van der Waals surface area contributed by atoms with Gasteiger partial charge in [0.05, 0.1) is 29.0 Å². The van der Waals surface area contributed by atoms with Gasteiger partial charge in [0.1, 0.15) is 0 Å². The highest BCUT2D eigenvalue weighted by Gasteiger charge is 2.25. The molecule has 2 aromatic rings. The Hall–Kier alpha value is -2.34. The molecule has 6 nitrogen and oxygen atoms in total. The van der Waals surface area contributed by atoms with Crippen molar-refractivity contribution in [3.63, 3.8) is 0 Å². The molecule has 1 aliphatic rings. The van der Waals surface area contributed by atoms with Crippen molar-refractivity contribution < 1.29 is 9.59 Å². The first kappa shape index (κ1) is 12.7. The van der Waals surface area contributed by atoms with Gasteiger partial charge in [-0.1, -0.05) is 12.1 Å². The quantitative estimate of drug-likeness (QED) is 0.795. The Balaban J connectivity index is 1.67. The number of fused-ring (bicyclic) bond motifs is 1. The lowest BCUT2D eigenvalue weighted by atomic mass is 10.1. The van der Waals surface area contributed by atoms with E-state index in [4.69, 9.17) is 0 Å². The summed E-state index contributed by atoms with van der Waals surface area (Å²) in [7, 11) is 0. The van der Waals surface area contributed by atoms with Crippen LogP contribution in [0.5, 0.6) is 0 Å². The van der Waals surface area contributed by atoms with E-state index in [1.165, 1.54) is 0 Å². The van der Waals surface area contributed by atoms with Crippen molar-refractivity contribution in [2.45, 2.75) is 25.4 Å². The Kier molecular flexibility index (Phi) is 3.39. The third-order valence-electron chi connectivity index (χ3n) is 3.27. The molecule has 0 saturated carbocycles. The third kappa shape index (κ3) is 2.65. The first-order chi connectivity index (χ1) is 9.72. The Morgan fingerprint density at radius 3 is 2.85 bits per heavy atom. The highest BCUT2D eigenvalue weighted by Crippen LogP contribution is 2.09. The third-order valence-corrected chi connectivity index (χ3v) is 3.27. The smallest absolute Gasteiger partial charge is 0.243 e. The van der Waals surface area contributed by atoms with E-state index in [2.05, 4.69) is 20.6 Å². The summed E-state index contributed by atoms with van der Waals surface area (Å²) in [6.45, 7) is 0.449. The topological polar surface area (TPSA) is 84.0 Å². The fourth-order valence-corrected chi connectivity index (χ4v) is 2.20. The fraction of sp³-hybridized carbons (Fsp3) is 0.286. The molecular weight excluding hydrogens is 256 g/mol. The minimum absolute atomic E-state index is 0.210. The lowest BCUT2D eigenvalue weighted by molar-refractivity contribution is -0.134. The predicted molar refractivity (Wildman–Crippen MR) is 72.5 cm³/mol. The molecule has 20 heavy (non-hydrogen) atoms. The summed E-state index contributed by atoms with van der Waals surface area (Å²) in [5, 5.41) is 5.42. The Morgan fingerprint density at radius 1 is 1.25 bits per heavy atom. The number of benzene rings is 1. The second-order valence-corrected chi connectivity index (χ2v) is 4.73. The maximum absolute atomic E-state index is 11.6. The van der Waals surface area contributed by atoms with E-state index in [9.17, 15) is 9.59 Å². The Morgan fingerprint density at radius 2 is 2.05 bits per heavy atom. The van der Waals surface area contributed by atoms with Crippen LogP contribution in [0.4, 0.5) is 0 Å².